The third-order valence-corrected chi connectivity index (χ3v) is 28.0. The summed E-state index contributed by atoms with van der Waals surface area (Å²) in [6.45, 7) is 11.3. The van der Waals surface area contributed by atoms with Crippen LogP contribution in [0, 0.1) is 0 Å². The predicted octanol–water partition coefficient (Wildman–Crippen LogP) is 5.93. The summed E-state index contributed by atoms with van der Waals surface area (Å²) >= 11 is 14.3. The number of allylic oxidation sites excluding steroid dienone is 6. The van der Waals surface area contributed by atoms with Crippen LogP contribution in [-0.2, 0) is 114 Å². The third-order valence-electron chi connectivity index (χ3n) is 21.6. The predicted molar refractivity (Wildman–Crippen MR) is 481 cm³/mol. The molecule has 0 fully saturated rings. The summed E-state index contributed by atoms with van der Waals surface area (Å²) in [6.07, 6.45) is 7.84. The van der Waals surface area contributed by atoms with Crippen LogP contribution in [0.25, 0.3) is 11.0 Å². The summed E-state index contributed by atoms with van der Waals surface area (Å²) in [7, 11) is -9.42. The van der Waals surface area contributed by atoms with Gasteiger partial charge in [-0.2, -0.15) is 13.0 Å². The van der Waals surface area contributed by atoms with E-state index in [2.05, 4.69) is 94.5 Å². The summed E-state index contributed by atoms with van der Waals surface area (Å²) in [4.78, 5) is 212. The first-order chi connectivity index (χ1) is 61.4. The molecule has 3 aromatic carbocycles. The second-order valence-corrected chi connectivity index (χ2v) is 37.6. The van der Waals surface area contributed by atoms with Crippen LogP contribution in [0.15, 0.2) is 106 Å². The Kier molecular flexibility index (Phi) is 41.6. The molecule has 48 heteroatoms. The number of anilines is 1. The Bertz CT molecular complexity index is 5390. The number of aromatic nitrogens is 2. The molecule has 0 bridgehead atoms. The van der Waals surface area contributed by atoms with Crippen LogP contribution in [0.1, 0.15) is 187 Å². The van der Waals surface area contributed by atoms with Gasteiger partial charge in [-0.1, -0.05) is 43.9 Å². The molecule has 0 saturated heterocycles. The molecule has 0 spiro atoms. The van der Waals surface area contributed by atoms with Gasteiger partial charge in [0.25, 0.3) is 10.1 Å². The number of hydrogen-bond donors (Lipinski definition) is 17. The molecule has 0 aliphatic carbocycles. The Labute approximate surface area is 786 Å². The maximum absolute atomic E-state index is 13.9. The smallest absolute Gasteiger partial charge is 0.326 e. The average Bonchev–Trinajstić information content (AvgIpc) is 1.58. The highest BCUT2D eigenvalue weighted by molar-refractivity contribution is 9.15. The Morgan fingerprint density at radius 2 is 0.908 bits per heavy atom. The van der Waals surface area contributed by atoms with Crippen molar-refractivity contribution in [2.24, 2.45) is 0 Å². The van der Waals surface area contributed by atoms with Crippen molar-refractivity contribution < 1.29 is 143 Å². The van der Waals surface area contributed by atoms with E-state index in [9.17, 15) is 138 Å². The summed E-state index contributed by atoms with van der Waals surface area (Å²) in [5.41, 5.74) is 4.17. The lowest BCUT2D eigenvalue weighted by atomic mass is 9.77. The molecule has 0 saturated carbocycles. The number of nitrogens with zero attached hydrogens (tertiary/aromatic N) is 4. The molecule has 42 nitrogen and oxygen atoms in total. The molecule has 9 amide bonds. The molecule has 1 aromatic heterocycles. The van der Waals surface area contributed by atoms with E-state index in [4.69, 9.17) is 0 Å². The fourth-order valence-electron chi connectivity index (χ4n) is 15.0. The number of aliphatic carboxylic acids is 7. The molecule has 17 N–H and O–H groups in total. The second kappa shape index (κ2) is 50.1. The van der Waals surface area contributed by atoms with Crippen molar-refractivity contribution in [1.82, 2.24) is 57.4 Å². The van der Waals surface area contributed by atoms with Gasteiger partial charge in [0.2, 0.25) is 58.9 Å². The molecule has 4 aromatic rings. The van der Waals surface area contributed by atoms with Crippen molar-refractivity contribution in [1.29, 1.82) is 0 Å². The molecule has 2 aliphatic rings. The van der Waals surface area contributed by atoms with Gasteiger partial charge in [-0.05, 0) is 198 Å². The van der Waals surface area contributed by atoms with E-state index in [-0.39, 0.29) is 86.6 Å². The zero-order valence-electron chi connectivity index (χ0n) is 71.8. The van der Waals surface area contributed by atoms with Crippen LogP contribution in [-0.4, -0.2) is 245 Å². The maximum atomic E-state index is 13.9. The number of amides is 9. The minimum Gasteiger partial charge on any atom is -0.744 e. The quantitative estimate of drug-likeness (QED) is 0.00608. The Morgan fingerprint density at radius 3 is 1.37 bits per heavy atom. The highest BCUT2D eigenvalue weighted by atomic mass is 79.9. The standard InChI is InChI=1S/C83H105Br4N13O29S2/c1-6-99-56-30-28-45(130(124,125)126)36-47(56)82(3,4)58(99)23-13-11-14-24-59-83(5,48-37-46(131(127,128)129)29-31-57(48)100(59)7-2)32-21-27-61(102)89-34-19-17-22-49(81(122)123)92-76(117)51(39-64(106)107)94-78(119)53(41-66(110)111)96-80(121)55(43-68(114)115)97-79(120)54(42-67(112)113)95-77(118)52(40-65(108)109)93-75(116)50(38-63(104)105)91-62(103)26-16-12-18-33-88-60(101)25-15-9-8-10-20-35-98-44-90-73-71(86)69(84)70(85)72(87)74(73)98/h11,13-14,23-24,28-31,36-37,44,49-55H,6-10,12,15-22,25-27,32-35,38-43H2,1-5H3,(H17-,88,89,91,92,93,94,95,96,97,101,102,103,104,105,106,107,108,109,110,111,112,113,114,115,116,117,118,119,120,121,122,123,124,125,126,127,128,129)/t49-,50+,51-,52-,53-,54-,55-,83?/m0/s1. The van der Waals surface area contributed by atoms with Gasteiger partial charge in [0, 0.05) is 88.9 Å². The number of carboxylic acids is 7. The van der Waals surface area contributed by atoms with E-state index in [0.717, 1.165) is 72.6 Å². The average molecular weight is 2130 g/mol. The van der Waals surface area contributed by atoms with Crippen LogP contribution < -0.4 is 52.8 Å². The molecule has 1 unspecified atom stereocenters. The molecule has 716 valence electrons. The lowest BCUT2D eigenvalue weighted by Gasteiger charge is -2.30. The number of rotatable bonds is 56. The van der Waals surface area contributed by atoms with Gasteiger partial charge < -0.3 is 97.6 Å². The minimum atomic E-state index is -4.74. The normalized spacial score (nSPS) is 16.0. The first-order valence-electron chi connectivity index (χ1n) is 41.5. The zero-order chi connectivity index (χ0) is 97.7. The monoisotopic (exact) mass is 2130 g/mol. The largest absolute Gasteiger partial charge is 0.744 e. The van der Waals surface area contributed by atoms with E-state index >= 15 is 0 Å². The number of carbonyl (C=O) groups is 16. The number of unbranched alkanes of at least 4 members (excludes halogenated alkanes) is 7. The first-order valence-corrected chi connectivity index (χ1v) is 47.5. The number of nitrogens with one attached hydrogen (secondary N) is 9. The van der Waals surface area contributed by atoms with E-state index in [0.29, 0.717) is 54.9 Å². The van der Waals surface area contributed by atoms with Gasteiger partial charge in [-0.3, -0.25) is 76.5 Å². The molecule has 0 radical (unpaired) electrons. The van der Waals surface area contributed by atoms with Crippen LogP contribution in [0.3, 0.4) is 0 Å². The number of halogens is 4. The van der Waals surface area contributed by atoms with Crippen LogP contribution >= 0.6 is 63.7 Å². The van der Waals surface area contributed by atoms with Gasteiger partial charge in [-0.25, -0.2) is 18.2 Å². The number of imidazole rings is 1. The summed E-state index contributed by atoms with van der Waals surface area (Å²) < 4.78 is 78.3. The molecule has 8 atom stereocenters. The van der Waals surface area contributed by atoms with E-state index in [1.165, 1.54) is 24.3 Å². The number of carbonyl (C=O) groups excluding carboxylic acids is 9. The Balaban J connectivity index is 0.994. The van der Waals surface area contributed by atoms with Crippen molar-refractivity contribution in [2.45, 2.75) is 245 Å². The Hall–Kier alpha value is -10.9. The number of hydrogen-bond acceptors (Lipinski definition) is 23. The number of benzene rings is 3. The minimum absolute atomic E-state index is 0.0342. The van der Waals surface area contributed by atoms with Gasteiger partial charge in [0.05, 0.1) is 74.5 Å². The van der Waals surface area contributed by atoms with Crippen molar-refractivity contribution in [2.75, 3.05) is 31.1 Å². The van der Waals surface area contributed by atoms with Crippen molar-refractivity contribution in [3.8, 4) is 0 Å². The van der Waals surface area contributed by atoms with Crippen LogP contribution in [0.5, 0.6) is 0 Å². The molecule has 2 aliphatic heterocycles. The van der Waals surface area contributed by atoms with Crippen molar-refractivity contribution in [3.63, 3.8) is 0 Å². The maximum Gasteiger partial charge on any atom is 0.326 e. The van der Waals surface area contributed by atoms with Gasteiger partial charge in [-0.15, -0.1) is 0 Å². The molecule has 131 heavy (non-hydrogen) atoms. The van der Waals surface area contributed by atoms with Crippen molar-refractivity contribution in [3.05, 3.63) is 108 Å². The summed E-state index contributed by atoms with van der Waals surface area (Å²) in [5, 5.41) is 87.8. The topological polar surface area (TPSA) is 659 Å². The fraction of sp³-hybridized carbons (Fsp3) is 0.494. The lowest BCUT2D eigenvalue weighted by molar-refractivity contribution is -0.433. The van der Waals surface area contributed by atoms with E-state index in [1.807, 2.05) is 82.8 Å². The SMILES string of the molecule is CCN1/C(=C/C=C/C=C/C2=[N+](CC)c3ccc(S(=O)(=O)[O-])cc3C2(C)C)C(C)(CCCC(=O)NCCCC[C@H](NC(=O)[C@H](CC(=O)O)NC(=O)[C@H](CC(=O)O)NC(=O)[C@H](CC(=O)O)NC(=O)[C@H](CC(=O)O)NC(=O)[C@H](CC(=O)O)NC(=O)[C@@H](CC(=O)O)NC(=O)CCCCCNC(=O)CCCCCCCn2cnc3c(Br)c(Br)c(Br)c(Br)c32)C(=O)O)c2cc(S(=O)(=O)O)ccc21. The van der Waals surface area contributed by atoms with Gasteiger partial charge >= 0.3 is 41.8 Å². The molecular formula is C83H105Br4N13O29S2. The van der Waals surface area contributed by atoms with Gasteiger partial charge in [0.15, 0.2) is 5.71 Å². The van der Waals surface area contributed by atoms with Crippen LogP contribution in [0.2, 0.25) is 0 Å². The fourth-order valence-corrected chi connectivity index (χ4v) is 18.4. The van der Waals surface area contributed by atoms with E-state index in [1.54, 1.807) is 36.7 Å². The van der Waals surface area contributed by atoms with Gasteiger partial charge in [0.1, 0.15) is 64.5 Å². The zero-order valence-corrected chi connectivity index (χ0v) is 79.8. The summed E-state index contributed by atoms with van der Waals surface area (Å²) in [5.74, 6) is -23.9. The highest BCUT2D eigenvalue weighted by Crippen LogP contribution is 2.52. The third kappa shape index (κ3) is 31.9. The highest BCUT2D eigenvalue weighted by Gasteiger charge is 2.46. The summed E-state index contributed by atoms with van der Waals surface area (Å²) in [6, 6.07) is -7.18. The lowest BCUT2D eigenvalue weighted by Crippen LogP contribution is -2.61. The Morgan fingerprint density at radius 1 is 0.489 bits per heavy atom. The second-order valence-electron chi connectivity index (χ2n) is 31.6. The number of fused-ring (bicyclic) bond motifs is 3. The molecule has 6 rings (SSSR count). The number of aryl methyl sites for hydroxylation is 1. The van der Waals surface area contributed by atoms with Crippen LogP contribution in [0.4, 0.5) is 11.4 Å². The number of likely N-dealkylation sites (N-methyl/N-ethyl adjacent to an activating group) is 1. The molecular weight excluding hydrogens is 2030 g/mol. The van der Waals surface area contributed by atoms with E-state index < -0.39 is 201 Å². The first kappa shape index (κ1) is 109. The molecule has 3 heterocycles. The van der Waals surface area contributed by atoms with Crippen molar-refractivity contribution >= 4 is 207 Å². The number of carboxylic acid groups (broad SMARTS) is 7.